The number of sulfone groups is 1. The summed E-state index contributed by atoms with van der Waals surface area (Å²) in [4.78, 5) is 16.5. The van der Waals surface area contributed by atoms with Gasteiger partial charge in [0.1, 0.15) is 6.10 Å². The number of benzene rings is 2. The third-order valence-corrected chi connectivity index (χ3v) is 10.5. The first-order valence-electron chi connectivity index (χ1n) is 12.2. The molecule has 202 valence electrons. The molecule has 0 spiro atoms. The van der Waals surface area contributed by atoms with Gasteiger partial charge in [0, 0.05) is 29.7 Å². The van der Waals surface area contributed by atoms with E-state index >= 15 is 0 Å². The summed E-state index contributed by atoms with van der Waals surface area (Å²) >= 11 is 6.28. The van der Waals surface area contributed by atoms with Crippen molar-refractivity contribution in [1.29, 1.82) is 0 Å². The predicted molar refractivity (Wildman–Crippen MR) is 135 cm³/mol. The van der Waals surface area contributed by atoms with Crippen LogP contribution >= 0.6 is 11.6 Å². The Kier molecular flexibility index (Phi) is 7.06. The molecule has 0 radical (unpaired) electrons. The molecule has 2 aromatic carbocycles. The molecule has 2 aliphatic carbocycles. The van der Waals surface area contributed by atoms with Gasteiger partial charge < -0.3 is 20.1 Å². The van der Waals surface area contributed by atoms with E-state index in [-0.39, 0.29) is 40.6 Å². The lowest BCUT2D eigenvalue weighted by Crippen LogP contribution is -2.56. The van der Waals surface area contributed by atoms with E-state index in [9.17, 15) is 32.2 Å². The van der Waals surface area contributed by atoms with Crippen molar-refractivity contribution in [2.45, 2.75) is 54.1 Å². The summed E-state index contributed by atoms with van der Waals surface area (Å²) in [7, 11) is -4.02. The molecule has 5 rings (SSSR count). The highest BCUT2D eigenvalue weighted by molar-refractivity contribution is 7.92. The first kappa shape index (κ1) is 26.7. The van der Waals surface area contributed by atoms with Crippen molar-refractivity contribution in [1.82, 2.24) is 9.55 Å². The Morgan fingerprint density at radius 3 is 2.50 bits per heavy atom. The highest BCUT2D eigenvalue weighted by Gasteiger charge is 2.59. The van der Waals surface area contributed by atoms with E-state index in [1.54, 1.807) is 23.3 Å². The van der Waals surface area contributed by atoms with Gasteiger partial charge >= 0.3 is 0 Å². The lowest BCUT2D eigenvalue weighted by atomic mass is 9.71. The van der Waals surface area contributed by atoms with E-state index < -0.39 is 56.2 Å². The Morgan fingerprint density at radius 1 is 1.16 bits per heavy atom. The molecule has 0 aliphatic heterocycles. The van der Waals surface area contributed by atoms with Crippen LogP contribution in [-0.4, -0.2) is 51.0 Å². The standard InChI is InChI=1S/C26H26ClF2N3O5S/c27-20-5-1-15(25(34)31-18-4-6-21(28)22(29)12-18)9-23(20)38(36,37)19-10-16-2-3-17(11-19)26(16,35)24(33)13-32-8-7-30-14-32/h1,4-9,12,14,16-17,19,24,33,35H,2-3,10-11,13H2,(H,31,34)/t16-,17+,19?,24?,26?. The number of hydrogen-bond donors (Lipinski definition) is 3. The number of nitrogens with one attached hydrogen (secondary N) is 1. The quantitative estimate of drug-likeness (QED) is 0.400. The predicted octanol–water partition coefficient (Wildman–Crippen LogP) is 3.82. The number of anilines is 1. The Balaban J connectivity index is 1.36. The number of halogens is 3. The number of fused-ring (bicyclic) bond motifs is 2. The maximum Gasteiger partial charge on any atom is 0.255 e. The molecule has 2 saturated carbocycles. The van der Waals surface area contributed by atoms with Crippen molar-refractivity contribution in [2.75, 3.05) is 5.32 Å². The smallest absolute Gasteiger partial charge is 0.255 e. The zero-order chi connectivity index (χ0) is 27.2. The van der Waals surface area contributed by atoms with Crippen LogP contribution in [0.4, 0.5) is 14.5 Å². The molecule has 2 aliphatic rings. The lowest BCUT2D eigenvalue weighted by Gasteiger charge is -2.45. The second-order valence-corrected chi connectivity index (χ2v) is 12.6. The fraction of sp³-hybridized carbons (Fsp3) is 0.385. The fourth-order valence-electron chi connectivity index (χ4n) is 5.90. The van der Waals surface area contributed by atoms with Crippen LogP contribution in [-0.2, 0) is 16.4 Å². The number of nitrogens with zero attached hydrogens (tertiary/aromatic N) is 2. The number of aromatic nitrogens is 2. The van der Waals surface area contributed by atoms with Gasteiger partial charge in [-0.3, -0.25) is 4.79 Å². The van der Waals surface area contributed by atoms with Crippen LogP contribution in [0.5, 0.6) is 0 Å². The molecule has 38 heavy (non-hydrogen) atoms. The molecule has 2 fully saturated rings. The Labute approximate surface area is 223 Å². The van der Waals surface area contributed by atoms with Crippen LogP contribution in [0.15, 0.2) is 60.0 Å². The summed E-state index contributed by atoms with van der Waals surface area (Å²) in [5.74, 6) is -3.78. The van der Waals surface area contributed by atoms with Crippen LogP contribution in [0.25, 0.3) is 0 Å². The largest absolute Gasteiger partial charge is 0.388 e. The molecule has 1 aromatic heterocycles. The van der Waals surface area contributed by atoms with Gasteiger partial charge in [-0.15, -0.1) is 0 Å². The summed E-state index contributed by atoms with van der Waals surface area (Å²) in [6.07, 6.45) is 5.15. The Bertz CT molecular complexity index is 1450. The summed E-state index contributed by atoms with van der Waals surface area (Å²) in [5, 5.41) is 24.0. The zero-order valence-electron chi connectivity index (χ0n) is 20.1. The monoisotopic (exact) mass is 565 g/mol. The molecule has 1 heterocycles. The summed E-state index contributed by atoms with van der Waals surface area (Å²) in [5.41, 5.74) is -1.44. The van der Waals surface area contributed by atoms with Gasteiger partial charge in [0.2, 0.25) is 0 Å². The summed E-state index contributed by atoms with van der Waals surface area (Å²) in [6.45, 7) is 0.141. The van der Waals surface area contributed by atoms with E-state index in [2.05, 4.69) is 10.3 Å². The maximum absolute atomic E-state index is 13.7. The van der Waals surface area contributed by atoms with Gasteiger partial charge in [0.05, 0.1) is 33.6 Å². The molecule has 3 unspecified atom stereocenters. The van der Waals surface area contributed by atoms with Crippen molar-refractivity contribution in [3.8, 4) is 0 Å². The van der Waals surface area contributed by atoms with Crippen molar-refractivity contribution < 1.29 is 32.2 Å². The van der Waals surface area contributed by atoms with Gasteiger partial charge in [0.15, 0.2) is 21.5 Å². The Hall–Kier alpha value is -2.86. The highest BCUT2D eigenvalue weighted by atomic mass is 35.5. The first-order chi connectivity index (χ1) is 18.0. The number of aliphatic hydroxyl groups excluding tert-OH is 1. The first-order valence-corrected chi connectivity index (χ1v) is 14.1. The summed E-state index contributed by atoms with van der Waals surface area (Å²) in [6, 6.07) is 6.69. The SMILES string of the molecule is O=C(Nc1ccc(F)c(F)c1)c1ccc(Cl)c(S(=O)(=O)C2C[C@H]3CC[C@@H](C2)C3(O)C(O)Cn2ccnc2)c1. The molecule has 2 bridgehead atoms. The molecule has 3 aromatic rings. The number of hydrogen-bond acceptors (Lipinski definition) is 6. The topological polar surface area (TPSA) is 122 Å². The van der Waals surface area contributed by atoms with Gasteiger partial charge in [-0.25, -0.2) is 22.2 Å². The average molecular weight is 566 g/mol. The second-order valence-electron chi connectivity index (χ2n) is 10.0. The number of imidazole rings is 1. The third kappa shape index (κ3) is 4.72. The van der Waals surface area contributed by atoms with Crippen LogP contribution in [0.3, 0.4) is 0 Å². The molecule has 0 saturated heterocycles. The minimum Gasteiger partial charge on any atom is -0.388 e. The van der Waals surface area contributed by atoms with Gasteiger partial charge in [-0.2, -0.15) is 0 Å². The van der Waals surface area contributed by atoms with Crippen LogP contribution < -0.4 is 5.32 Å². The van der Waals surface area contributed by atoms with E-state index in [4.69, 9.17) is 11.6 Å². The summed E-state index contributed by atoms with van der Waals surface area (Å²) < 4.78 is 55.8. The van der Waals surface area contributed by atoms with Gasteiger partial charge in [-0.1, -0.05) is 11.6 Å². The van der Waals surface area contributed by atoms with Crippen molar-refractivity contribution in [2.24, 2.45) is 11.8 Å². The maximum atomic E-state index is 13.7. The molecular weight excluding hydrogens is 540 g/mol. The molecule has 12 heteroatoms. The van der Waals surface area contributed by atoms with Crippen molar-refractivity contribution in [3.05, 3.63) is 77.3 Å². The minimum absolute atomic E-state index is 0.00523. The van der Waals surface area contributed by atoms with Gasteiger partial charge in [0.25, 0.3) is 5.91 Å². The normalized spacial score (nSPS) is 25.8. The number of amides is 1. The molecule has 8 nitrogen and oxygen atoms in total. The number of aliphatic hydroxyl groups is 2. The number of rotatable bonds is 7. The molecular formula is C26H26ClF2N3O5S. The van der Waals surface area contributed by atoms with E-state index in [1.165, 1.54) is 24.3 Å². The number of carbonyl (C=O) groups excluding carboxylic acids is 1. The molecule has 1 amide bonds. The third-order valence-electron chi connectivity index (χ3n) is 7.86. The lowest BCUT2D eigenvalue weighted by molar-refractivity contribution is -0.146. The fourth-order valence-corrected chi connectivity index (χ4v) is 8.30. The number of carbonyl (C=O) groups is 1. The van der Waals surface area contributed by atoms with Crippen LogP contribution in [0.2, 0.25) is 5.02 Å². The van der Waals surface area contributed by atoms with Crippen LogP contribution in [0, 0.1) is 23.5 Å². The molecule has 5 atom stereocenters. The zero-order valence-corrected chi connectivity index (χ0v) is 21.7. The van der Waals surface area contributed by atoms with Gasteiger partial charge in [-0.05, 0) is 67.9 Å². The van der Waals surface area contributed by atoms with Crippen molar-refractivity contribution >= 4 is 33.0 Å². The molecule has 3 N–H and O–H groups in total. The second kappa shape index (κ2) is 10.0. The minimum atomic E-state index is -4.02. The van der Waals surface area contributed by atoms with Crippen molar-refractivity contribution in [3.63, 3.8) is 0 Å². The highest BCUT2D eigenvalue weighted by Crippen LogP contribution is 2.53. The van der Waals surface area contributed by atoms with E-state index in [1.807, 2.05) is 0 Å². The van der Waals surface area contributed by atoms with E-state index in [0.29, 0.717) is 12.8 Å². The van der Waals surface area contributed by atoms with E-state index in [0.717, 1.165) is 12.1 Å². The Morgan fingerprint density at radius 2 is 1.87 bits per heavy atom. The van der Waals surface area contributed by atoms with Crippen LogP contribution in [0.1, 0.15) is 36.0 Å². The average Bonchev–Trinajstić information content (AvgIpc) is 3.42.